The summed E-state index contributed by atoms with van der Waals surface area (Å²) in [6.07, 6.45) is 0.982. The van der Waals surface area contributed by atoms with E-state index in [1.54, 1.807) is 0 Å². The minimum Gasteiger partial charge on any atom is -0.493 e. The van der Waals surface area contributed by atoms with Gasteiger partial charge in [-0.05, 0) is 23.3 Å². The maximum atomic E-state index is 5.48. The highest BCUT2D eigenvalue weighted by molar-refractivity contribution is 5.73. The Labute approximate surface area is 87.7 Å². The second kappa shape index (κ2) is 3.15. The quantitative estimate of drug-likeness (QED) is 0.742. The zero-order chi connectivity index (χ0) is 10.3. The number of amidine groups is 1. The summed E-state index contributed by atoms with van der Waals surface area (Å²) >= 11 is 0. The number of hydrogen-bond donors (Lipinski definition) is 1. The summed E-state index contributed by atoms with van der Waals surface area (Å²) < 4.78 is 10.6. The number of aliphatic imine (C=N–C) groups is 1. The Kier molecular flexibility index (Phi) is 1.80. The van der Waals surface area contributed by atoms with Crippen LogP contribution >= 0.6 is 0 Å². The van der Waals surface area contributed by atoms with E-state index in [2.05, 4.69) is 11.1 Å². The lowest BCUT2D eigenvalue weighted by molar-refractivity contribution is 0.315. The Hall–Kier alpha value is -1.71. The molecule has 0 fully saturated rings. The molecule has 0 amide bonds. The average molecular weight is 204 g/mol. The standard InChI is InChI=1S/C11H12N2O2/c12-11-13-9(6-15-11)7-1-2-10-8(5-7)3-4-14-10/h1-2,5,9H,3-4,6H2,(H2,12,13). The zero-order valence-electron chi connectivity index (χ0n) is 8.27. The van der Waals surface area contributed by atoms with Gasteiger partial charge in [-0.3, -0.25) is 0 Å². The van der Waals surface area contributed by atoms with Gasteiger partial charge in [0.15, 0.2) is 0 Å². The van der Waals surface area contributed by atoms with Gasteiger partial charge in [0.1, 0.15) is 18.4 Å². The van der Waals surface area contributed by atoms with Gasteiger partial charge < -0.3 is 15.2 Å². The van der Waals surface area contributed by atoms with E-state index in [0.717, 1.165) is 24.3 Å². The molecule has 0 saturated heterocycles. The van der Waals surface area contributed by atoms with Crippen molar-refractivity contribution in [2.75, 3.05) is 13.2 Å². The molecule has 2 aliphatic heterocycles. The Balaban J connectivity index is 1.93. The highest BCUT2D eigenvalue weighted by atomic mass is 16.5. The van der Waals surface area contributed by atoms with E-state index in [1.807, 2.05) is 12.1 Å². The van der Waals surface area contributed by atoms with Crippen LogP contribution in [0.2, 0.25) is 0 Å². The minimum atomic E-state index is 0.0518. The largest absolute Gasteiger partial charge is 0.493 e. The Bertz CT molecular complexity index is 429. The lowest BCUT2D eigenvalue weighted by Crippen LogP contribution is -2.10. The van der Waals surface area contributed by atoms with Gasteiger partial charge in [-0.25, -0.2) is 4.99 Å². The molecule has 0 radical (unpaired) electrons. The van der Waals surface area contributed by atoms with Gasteiger partial charge in [0.25, 0.3) is 6.02 Å². The van der Waals surface area contributed by atoms with Crippen LogP contribution < -0.4 is 10.5 Å². The molecule has 1 aromatic rings. The SMILES string of the molecule is NC1=NC(c2ccc3c(c2)CCO3)CO1. The molecule has 2 aliphatic rings. The van der Waals surface area contributed by atoms with Crippen molar-refractivity contribution in [1.29, 1.82) is 0 Å². The van der Waals surface area contributed by atoms with Crippen LogP contribution in [0, 0.1) is 0 Å². The summed E-state index contributed by atoms with van der Waals surface area (Å²) in [6, 6.07) is 6.51. The molecule has 0 spiro atoms. The maximum Gasteiger partial charge on any atom is 0.282 e. The van der Waals surface area contributed by atoms with E-state index < -0.39 is 0 Å². The third kappa shape index (κ3) is 1.42. The number of ether oxygens (including phenoxy) is 2. The fraction of sp³-hybridized carbons (Fsp3) is 0.364. The number of rotatable bonds is 1. The normalized spacial score (nSPS) is 22.9. The van der Waals surface area contributed by atoms with Crippen molar-refractivity contribution in [1.82, 2.24) is 0 Å². The summed E-state index contributed by atoms with van der Waals surface area (Å²) in [5, 5.41) is 0. The molecule has 0 aliphatic carbocycles. The molecule has 2 heterocycles. The molecular formula is C11H12N2O2. The lowest BCUT2D eigenvalue weighted by Gasteiger charge is -2.06. The third-order valence-electron chi connectivity index (χ3n) is 2.77. The van der Waals surface area contributed by atoms with Crippen molar-refractivity contribution < 1.29 is 9.47 Å². The van der Waals surface area contributed by atoms with E-state index in [9.17, 15) is 0 Å². The molecule has 4 nitrogen and oxygen atoms in total. The predicted molar refractivity (Wildman–Crippen MR) is 56.0 cm³/mol. The van der Waals surface area contributed by atoms with Gasteiger partial charge in [0.05, 0.1) is 6.61 Å². The molecule has 1 atom stereocenters. The van der Waals surface area contributed by atoms with Crippen molar-refractivity contribution in [3.05, 3.63) is 29.3 Å². The summed E-state index contributed by atoms with van der Waals surface area (Å²) in [5.74, 6) is 0.995. The molecule has 78 valence electrons. The van der Waals surface area contributed by atoms with Gasteiger partial charge in [-0.1, -0.05) is 6.07 Å². The van der Waals surface area contributed by atoms with Crippen LogP contribution in [0.3, 0.4) is 0 Å². The second-order valence-electron chi connectivity index (χ2n) is 3.76. The summed E-state index contributed by atoms with van der Waals surface area (Å²) in [4.78, 5) is 4.22. The van der Waals surface area contributed by atoms with Crippen molar-refractivity contribution in [3.8, 4) is 5.75 Å². The average Bonchev–Trinajstić information content (AvgIpc) is 2.84. The monoisotopic (exact) mass is 204 g/mol. The van der Waals surface area contributed by atoms with Gasteiger partial charge >= 0.3 is 0 Å². The van der Waals surface area contributed by atoms with Gasteiger partial charge in [-0.2, -0.15) is 0 Å². The summed E-state index contributed by atoms with van der Waals surface area (Å²) in [7, 11) is 0. The van der Waals surface area contributed by atoms with Crippen LogP contribution in [0.4, 0.5) is 0 Å². The molecule has 1 aromatic carbocycles. The highest BCUT2D eigenvalue weighted by Crippen LogP contribution is 2.30. The van der Waals surface area contributed by atoms with Crippen LogP contribution in [-0.4, -0.2) is 19.2 Å². The number of benzene rings is 1. The number of nitrogens with zero attached hydrogens (tertiary/aromatic N) is 1. The molecule has 3 rings (SSSR count). The third-order valence-corrected chi connectivity index (χ3v) is 2.77. The first kappa shape index (κ1) is 8.59. The summed E-state index contributed by atoms with van der Waals surface area (Å²) in [5.41, 5.74) is 7.89. The van der Waals surface area contributed by atoms with Crippen LogP contribution in [0.15, 0.2) is 23.2 Å². The van der Waals surface area contributed by atoms with E-state index in [4.69, 9.17) is 15.2 Å². The molecule has 1 unspecified atom stereocenters. The van der Waals surface area contributed by atoms with Gasteiger partial charge in [-0.15, -0.1) is 0 Å². The van der Waals surface area contributed by atoms with Gasteiger partial charge in [0.2, 0.25) is 0 Å². The molecule has 2 N–H and O–H groups in total. The summed E-state index contributed by atoms with van der Waals surface area (Å²) in [6.45, 7) is 1.33. The van der Waals surface area contributed by atoms with Crippen molar-refractivity contribution >= 4 is 6.02 Å². The van der Waals surface area contributed by atoms with Crippen LogP contribution in [0.1, 0.15) is 17.2 Å². The first-order valence-corrected chi connectivity index (χ1v) is 5.04. The topological polar surface area (TPSA) is 56.8 Å². The van der Waals surface area contributed by atoms with Crippen molar-refractivity contribution in [3.63, 3.8) is 0 Å². The van der Waals surface area contributed by atoms with Gasteiger partial charge in [0, 0.05) is 6.42 Å². The zero-order valence-corrected chi connectivity index (χ0v) is 8.27. The molecule has 0 bridgehead atoms. The fourth-order valence-corrected chi connectivity index (χ4v) is 1.98. The fourth-order valence-electron chi connectivity index (χ4n) is 1.98. The van der Waals surface area contributed by atoms with E-state index in [-0.39, 0.29) is 12.1 Å². The van der Waals surface area contributed by atoms with Crippen LogP contribution in [-0.2, 0) is 11.2 Å². The number of fused-ring (bicyclic) bond motifs is 1. The Morgan fingerprint density at radius 2 is 2.27 bits per heavy atom. The van der Waals surface area contributed by atoms with Crippen molar-refractivity contribution in [2.24, 2.45) is 10.7 Å². The molecule has 15 heavy (non-hydrogen) atoms. The molecule has 0 aromatic heterocycles. The predicted octanol–water partition coefficient (Wildman–Crippen LogP) is 1.01. The highest BCUT2D eigenvalue weighted by Gasteiger charge is 2.21. The Morgan fingerprint density at radius 3 is 3.07 bits per heavy atom. The van der Waals surface area contributed by atoms with E-state index >= 15 is 0 Å². The first-order valence-electron chi connectivity index (χ1n) is 5.04. The molecular weight excluding hydrogens is 192 g/mol. The van der Waals surface area contributed by atoms with Crippen LogP contribution in [0.25, 0.3) is 0 Å². The van der Waals surface area contributed by atoms with E-state index in [0.29, 0.717) is 6.61 Å². The first-order chi connectivity index (χ1) is 7.33. The minimum absolute atomic E-state index is 0.0518. The lowest BCUT2D eigenvalue weighted by atomic mass is 10.0. The maximum absolute atomic E-state index is 5.48. The van der Waals surface area contributed by atoms with Crippen LogP contribution in [0.5, 0.6) is 5.75 Å². The molecule has 0 saturated carbocycles. The second-order valence-corrected chi connectivity index (χ2v) is 3.76. The smallest absolute Gasteiger partial charge is 0.282 e. The molecule has 4 heteroatoms. The number of nitrogens with two attached hydrogens (primary N) is 1. The Morgan fingerprint density at radius 1 is 1.33 bits per heavy atom. The number of hydrogen-bond acceptors (Lipinski definition) is 4. The van der Waals surface area contributed by atoms with Crippen molar-refractivity contribution in [2.45, 2.75) is 12.5 Å². The van der Waals surface area contributed by atoms with E-state index in [1.165, 1.54) is 5.56 Å².